The minimum absolute atomic E-state index is 0.135. The highest BCUT2D eigenvalue weighted by atomic mass is 16.2. The van der Waals surface area contributed by atoms with Crippen LogP contribution in [0.25, 0.3) is 10.9 Å². The molecule has 24 heavy (non-hydrogen) atoms. The number of nitrogens with zero attached hydrogens (tertiary/aromatic N) is 1. The molecular formula is C19H19N3O2. The number of fused-ring (bicyclic) bond motifs is 1. The Morgan fingerprint density at radius 2 is 1.79 bits per heavy atom. The first kappa shape index (κ1) is 15.8. The lowest BCUT2D eigenvalue weighted by Crippen LogP contribution is -2.35. The summed E-state index contributed by atoms with van der Waals surface area (Å²) in [6, 6.07) is 19.0. The van der Waals surface area contributed by atoms with Crippen molar-refractivity contribution in [1.82, 2.24) is 10.3 Å². The van der Waals surface area contributed by atoms with Gasteiger partial charge in [0.05, 0.1) is 0 Å². The number of rotatable bonds is 5. The SMILES string of the molecule is CN(CCNC(=O)c1cc2ccccc2[nH]c1=O)c1ccccc1. The fourth-order valence-electron chi connectivity index (χ4n) is 2.56. The van der Waals surface area contributed by atoms with Crippen molar-refractivity contribution in [3.05, 3.63) is 76.6 Å². The molecule has 0 saturated carbocycles. The van der Waals surface area contributed by atoms with Gasteiger partial charge in [0.25, 0.3) is 11.5 Å². The number of amides is 1. The molecule has 3 rings (SSSR count). The Morgan fingerprint density at radius 3 is 2.58 bits per heavy atom. The number of likely N-dealkylation sites (N-methyl/N-ethyl adjacent to an activating group) is 1. The summed E-state index contributed by atoms with van der Waals surface area (Å²) in [4.78, 5) is 29.1. The van der Waals surface area contributed by atoms with E-state index in [-0.39, 0.29) is 17.0 Å². The van der Waals surface area contributed by atoms with Gasteiger partial charge in [0, 0.05) is 31.3 Å². The quantitative estimate of drug-likeness (QED) is 0.758. The molecule has 0 spiro atoms. The number of para-hydroxylation sites is 2. The zero-order valence-electron chi connectivity index (χ0n) is 13.5. The lowest BCUT2D eigenvalue weighted by Gasteiger charge is -2.19. The van der Waals surface area contributed by atoms with E-state index in [9.17, 15) is 9.59 Å². The average molecular weight is 321 g/mol. The van der Waals surface area contributed by atoms with Gasteiger partial charge in [-0.05, 0) is 29.7 Å². The molecule has 0 aliphatic rings. The number of H-pyrrole nitrogens is 1. The summed E-state index contributed by atoms with van der Waals surface area (Å²) in [5, 5.41) is 3.64. The zero-order chi connectivity index (χ0) is 16.9. The number of pyridine rings is 1. The third kappa shape index (κ3) is 3.46. The number of aromatic nitrogens is 1. The molecule has 0 bridgehead atoms. The van der Waals surface area contributed by atoms with E-state index < -0.39 is 0 Å². The van der Waals surface area contributed by atoms with Crippen LogP contribution in [0.5, 0.6) is 0 Å². The second-order valence-corrected chi connectivity index (χ2v) is 5.61. The number of benzene rings is 2. The van der Waals surface area contributed by atoms with E-state index in [0.29, 0.717) is 13.1 Å². The number of carbonyl (C=O) groups is 1. The zero-order valence-corrected chi connectivity index (χ0v) is 13.5. The monoisotopic (exact) mass is 321 g/mol. The predicted molar refractivity (Wildman–Crippen MR) is 96.6 cm³/mol. The third-order valence-electron chi connectivity index (χ3n) is 3.93. The van der Waals surface area contributed by atoms with Gasteiger partial charge < -0.3 is 15.2 Å². The van der Waals surface area contributed by atoms with Crippen molar-refractivity contribution in [3.8, 4) is 0 Å². The van der Waals surface area contributed by atoms with Crippen molar-refractivity contribution < 1.29 is 4.79 Å². The first-order valence-corrected chi connectivity index (χ1v) is 7.81. The summed E-state index contributed by atoms with van der Waals surface area (Å²) in [6.07, 6.45) is 0. The van der Waals surface area contributed by atoms with Gasteiger partial charge in [-0.3, -0.25) is 9.59 Å². The van der Waals surface area contributed by atoms with Crippen LogP contribution < -0.4 is 15.8 Å². The fourth-order valence-corrected chi connectivity index (χ4v) is 2.56. The molecule has 0 radical (unpaired) electrons. The van der Waals surface area contributed by atoms with Crippen molar-refractivity contribution in [3.63, 3.8) is 0 Å². The average Bonchev–Trinajstić information content (AvgIpc) is 2.61. The molecule has 3 aromatic rings. The molecule has 2 aromatic carbocycles. The summed E-state index contributed by atoms with van der Waals surface area (Å²) >= 11 is 0. The van der Waals surface area contributed by atoms with E-state index in [2.05, 4.69) is 10.3 Å². The highest BCUT2D eigenvalue weighted by Gasteiger charge is 2.11. The normalized spacial score (nSPS) is 10.5. The van der Waals surface area contributed by atoms with Gasteiger partial charge in [0.1, 0.15) is 5.56 Å². The van der Waals surface area contributed by atoms with E-state index in [1.54, 1.807) is 6.07 Å². The van der Waals surface area contributed by atoms with Gasteiger partial charge in [-0.15, -0.1) is 0 Å². The van der Waals surface area contributed by atoms with Gasteiger partial charge in [-0.2, -0.15) is 0 Å². The molecule has 0 unspecified atom stereocenters. The van der Waals surface area contributed by atoms with Crippen molar-refractivity contribution in [2.45, 2.75) is 0 Å². The highest BCUT2D eigenvalue weighted by molar-refractivity contribution is 5.97. The number of anilines is 1. The van der Waals surface area contributed by atoms with E-state index in [4.69, 9.17) is 0 Å². The Labute approximate surface area is 139 Å². The predicted octanol–water partition coefficient (Wildman–Crippen LogP) is 2.39. The van der Waals surface area contributed by atoms with E-state index in [1.165, 1.54) is 0 Å². The largest absolute Gasteiger partial charge is 0.373 e. The van der Waals surface area contributed by atoms with E-state index in [1.807, 2.05) is 66.5 Å². The maximum Gasteiger partial charge on any atom is 0.261 e. The summed E-state index contributed by atoms with van der Waals surface area (Å²) in [7, 11) is 1.96. The van der Waals surface area contributed by atoms with Crippen LogP contribution in [0.2, 0.25) is 0 Å². The fraction of sp³-hybridized carbons (Fsp3) is 0.158. The minimum Gasteiger partial charge on any atom is -0.373 e. The van der Waals surface area contributed by atoms with Gasteiger partial charge >= 0.3 is 0 Å². The first-order valence-electron chi connectivity index (χ1n) is 7.81. The second-order valence-electron chi connectivity index (χ2n) is 5.61. The summed E-state index contributed by atoms with van der Waals surface area (Å²) in [5.41, 5.74) is 1.57. The van der Waals surface area contributed by atoms with Gasteiger partial charge in [0.15, 0.2) is 0 Å². The molecule has 0 saturated heterocycles. The molecule has 0 atom stereocenters. The molecule has 0 aliphatic carbocycles. The van der Waals surface area contributed by atoms with Gasteiger partial charge in [0.2, 0.25) is 0 Å². The maximum absolute atomic E-state index is 12.3. The standard InChI is InChI=1S/C19H19N3O2/c1-22(15-8-3-2-4-9-15)12-11-20-18(23)16-13-14-7-5-6-10-17(14)21-19(16)24/h2-10,13H,11-12H2,1H3,(H,20,23)(H,21,24). The second kappa shape index (κ2) is 7.00. The van der Waals surface area contributed by atoms with Crippen LogP contribution in [0.3, 0.4) is 0 Å². The van der Waals surface area contributed by atoms with E-state index in [0.717, 1.165) is 16.6 Å². The van der Waals surface area contributed by atoms with Crippen LogP contribution in [0, 0.1) is 0 Å². The van der Waals surface area contributed by atoms with E-state index >= 15 is 0 Å². The molecule has 122 valence electrons. The molecule has 0 aliphatic heterocycles. The lowest BCUT2D eigenvalue weighted by atomic mass is 10.1. The number of hydrogen-bond acceptors (Lipinski definition) is 3. The smallest absolute Gasteiger partial charge is 0.261 e. The number of hydrogen-bond donors (Lipinski definition) is 2. The summed E-state index contributed by atoms with van der Waals surface area (Å²) < 4.78 is 0. The Bertz CT molecular complexity index is 903. The number of nitrogens with one attached hydrogen (secondary N) is 2. The molecule has 1 aromatic heterocycles. The van der Waals surface area contributed by atoms with Crippen LogP contribution in [0.4, 0.5) is 5.69 Å². The molecule has 5 heteroatoms. The first-order chi connectivity index (χ1) is 11.6. The molecule has 2 N–H and O–H groups in total. The number of carbonyl (C=O) groups excluding carboxylic acids is 1. The molecule has 0 fully saturated rings. The molecular weight excluding hydrogens is 302 g/mol. The molecule has 1 amide bonds. The topological polar surface area (TPSA) is 65.2 Å². The van der Waals surface area contributed by atoms with Crippen LogP contribution in [-0.4, -0.2) is 31.0 Å². The lowest BCUT2D eigenvalue weighted by molar-refractivity contribution is 0.0953. The van der Waals surface area contributed by atoms with Crippen molar-refractivity contribution >= 4 is 22.5 Å². The Kier molecular flexibility index (Phi) is 4.61. The molecule has 1 heterocycles. The molecule has 5 nitrogen and oxygen atoms in total. The van der Waals surface area contributed by atoms with Crippen molar-refractivity contribution in [2.75, 3.05) is 25.0 Å². The van der Waals surface area contributed by atoms with Crippen LogP contribution >= 0.6 is 0 Å². The van der Waals surface area contributed by atoms with Crippen molar-refractivity contribution in [1.29, 1.82) is 0 Å². The highest BCUT2D eigenvalue weighted by Crippen LogP contribution is 2.11. The van der Waals surface area contributed by atoms with Gasteiger partial charge in [-0.1, -0.05) is 36.4 Å². The maximum atomic E-state index is 12.3. The minimum atomic E-state index is -0.373. The van der Waals surface area contributed by atoms with Crippen LogP contribution in [-0.2, 0) is 0 Å². The Morgan fingerprint density at radius 1 is 1.08 bits per heavy atom. The Balaban J connectivity index is 1.65. The third-order valence-corrected chi connectivity index (χ3v) is 3.93. The van der Waals surface area contributed by atoms with Crippen molar-refractivity contribution in [2.24, 2.45) is 0 Å². The summed E-state index contributed by atoms with van der Waals surface area (Å²) in [6.45, 7) is 1.11. The summed E-state index contributed by atoms with van der Waals surface area (Å²) in [5.74, 6) is -0.358. The van der Waals surface area contributed by atoms with Crippen LogP contribution in [0.1, 0.15) is 10.4 Å². The number of aromatic amines is 1. The van der Waals surface area contributed by atoms with Crippen LogP contribution in [0.15, 0.2) is 65.5 Å². The Hall–Kier alpha value is -3.08. The van der Waals surface area contributed by atoms with Gasteiger partial charge in [-0.25, -0.2) is 0 Å².